The van der Waals surface area contributed by atoms with Crippen LogP contribution in [0.1, 0.15) is 39.2 Å². The van der Waals surface area contributed by atoms with E-state index in [4.69, 9.17) is 10.6 Å². The molecule has 1 amide bonds. The lowest BCUT2D eigenvalue weighted by Crippen LogP contribution is -2.47. The summed E-state index contributed by atoms with van der Waals surface area (Å²) in [5, 5.41) is 10.3. The Morgan fingerprint density at radius 3 is 2.24 bits per heavy atom. The van der Waals surface area contributed by atoms with Gasteiger partial charge in [-0.15, -0.1) is 0 Å². The second-order valence-corrected chi connectivity index (χ2v) is 5.91. The Kier molecular flexibility index (Phi) is 5.32. The molecule has 1 rings (SSSR count). The molecule has 0 saturated heterocycles. The fourth-order valence-electron chi connectivity index (χ4n) is 1.99. The summed E-state index contributed by atoms with van der Waals surface area (Å²) in [6.45, 7) is 6.97. The lowest BCUT2D eigenvalue weighted by atomic mass is 9.93. The van der Waals surface area contributed by atoms with Crippen molar-refractivity contribution in [2.45, 2.75) is 45.3 Å². The first-order valence-electron chi connectivity index (χ1n) is 6.66. The van der Waals surface area contributed by atoms with Gasteiger partial charge >= 0.3 is 5.97 Å². The van der Waals surface area contributed by atoms with Gasteiger partial charge in [0.05, 0.1) is 5.60 Å². The molecule has 0 bridgehead atoms. The third-order valence-electron chi connectivity index (χ3n) is 2.95. The zero-order valence-electron chi connectivity index (χ0n) is 12.7. The molecule has 0 spiro atoms. The summed E-state index contributed by atoms with van der Waals surface area (Å²) in [6, 6.07) is 5.76. The van der Waals surface area contributed by atoms with Gasteiger partial charge in [-0.25, -0.2) is 9.86 Å². The maximum atomic E-state index is 11.6. The van der Waals surface area contributed by atoms with E-state index in [9.17, 15) is 14.7 Å². The molecule has 0 heterocycles. The summed E-state index contributed by atoms with van der Waals surface area (Å²) in [4.78, 5) is 28.2. The first-order valence-corrected chi connectivity index (χ1v) is 6.66. The summed E-state index contributed by atoms with van der Waals surface area (Å²) in [6.07, 6.45) is 0.401. The third-order valence-corrected chi connectivity index (χ3v) is 2.95. The van der Waals surface area contributed by atoms with Gasteiger partial charge in [0.1, 0.15) is 0 Å². The monoisotopic (exact) mass is 294 g/mol. The number of hydrogen-bond donors (Lipinski definition) is 2. The smallest absolute Gasteiger partial charge is 0.329 e. The molecule has 0 saturated carbocycles. The molecule has 3 N–H and O–H groups in total. The number of rotatable bonds is 6. The largest absolute Gasteiger partial charge is 0.480 e. The molecule has 0 aliphatic carbocycles. The average molecular weight is 294 g/mol. The van der Waals surface area contributed by atoms with E-state index in [2.05, 4.69) is 0 Å². The summed E-state index contributed by atoms with van der Waals surface area (Å²) in [7, 11) is 0. The number of anilines is 1. The number of nitrogens with two attached hydrogens (primary N) is 1. The fraction of sp³-hybridized carbons (Fsp3) is 0.467. The van der Waals surface area contributed by atoms with Crippen molar-refractivity contribution >= 4 is 18.1 Å². The van der Waals surface area contributed by atoms with Crippen LogP contribution in [0.5, 0.6) is 0 Å². The van der Waals surface area contributed by atoms with E-state index in [1.165, 1.54) is 0 Å². The van der Waals surface area contributed by atoms with Crippen LogP contribution in [-0.2, 0) is 14.4 Å². The average Bonchev–Trinajstić information content (AvgIpc) is 2.36. The number of carbonyl (C=O) groups is 2. The highest BCUT2D eigenvalue weighted by Crippen LogP contribution is 2.25. The molecule has 1 aromatic carbocycles. The van der Waals surface area contributed by atoms with E-state index < -0.39 is 23.5 Å². The van der Waals surface area contributed by atoms with Crippen molar-refractivity contribution in [3.63, 3.8) is 0 Å². The van der Waals surface area contributed by atoms with Crippen molar-refractivity contribution in [3.05, 3.63) is 29.8 Å². The highest BCUT2D eigenvalue weighted by molar-refractivity contribution is 5.77. The summed E-state index contributed by atoms with van der Waals surface area (Å²) < 4.78 is 0. The van der Waals surface area contributed by atoms with E-state index >= 15 is 0 Å². The Morgan fingerprint density at radius 1 is 1.33 bits per heavy atom. The van der Waals surface area contributed by atoms with Gasteiger partial charge < -0.3 is 10.8 Å². The third kappa shape index (κ3) is 4.75. The van der Waals surface area contributed by atoms with Gasteiger partial charge in [0.2, 0.25) is 6.41 Å². The highest BCUT2D eigenvalue weighted by atomic mass is 16.7. The molecular weight excluding hydrogens is 272 g/mol. The van der Waals surface area contributed by atoms with Gasteiger partial charge in [0, 0.05) is 11.6 Å². The number of carboxylic acids is 1. The van der Waals surface area contributed by atoms with Gasteiger partial charge in [0.15, 0.2) is 6.04 Å². The molecule has 1 aromatic rings. The molecule has 0 radical (unpaired) electrons. The second-order valence-electron chi connectivity index (χ2n) is 5.91. The topological polar surface area (TPSA) is 92.9 Å². The zero-order valence-corrected chi connectivity index (χ0v) is 12.7. The molecule has 116 valence electrons. The van der Waals surface area contributed by atoms with E-state index in [0.717, 1.165) is 10.6 Å². The lowest BCUT2D eigenvalue weighted by Gasteiger charge is -2.33. The predicted molar refractivity (Wildman–Crippen MR) is 79.4 cm³/mol. The van der Waals surface area contributed by atoms with Crippen LogP contribution in [0.3, 0.4) is 0 Å². The highest BCUT2D eigenvalue weighted by Gasteiger charge is 2.34. The molecule has 21 heavy (non-hydrogen) atoms. The molecule has 2 atom stereocenters. The SMILES string of the molecule is CC(c1ccc(N)cc1)C(C(=O)O)N(C=O)OC(C)(C)C. The number of nitrogens with zero attached hydrogens (tertiary/aromatic N) is 1. The lowest BCUT2D eigenvalue weighted by molar-refractivity contribution is -0.236. The Hall–Kier alpha value is -2.08. The van der Waals surface area contributed by atoms with E-state index in [1.807, 2.05) is 0 Å². The van der Waals surface area contributed by atoms with Crippen LogP contribution in [0.25, 0.3) is 0 Å². The number of amides is 1. The molecule has 2 unspecified atom stereocenters. The van der Waals surface area contributed by atoms with Crippen molar-refractivity contribution in [2.24, 2.45) is 0 Å². The maximum Gasteiger partial charge on any atom is 0.329 e. The minimum Gasteiger partial charge on any atom is -0.480 e. The Balaban J connectivity index is 3.06. The van der Waals surface area contributed by atoms with Crippen LogP contribution in [0, 0.1) is 0 Å². The molecule has 0 aliphatic rings. The number of carbonyl (C=O) groups excluding carboxylic acids is 1. The number of aliphatic carboxylic acids is 1. The normalized spacial score (nSPS) is 14.3. The summed E-state index contributed by atoms with van der Waals surface area (Å²) >= 11 is 0. The molecular formula is C15H22N2O4. The fourth-order valence-corrected chi connectivity index (χ4v) is 1.99. The van der Waals surface area contributed by atoms with Crippen LogP contribution in [0.15, 0.2) is 24.3 Å². The second kappa shape index (κ2) is 6.58. The van der Waals surface area contributed by atoms with Crippen LogP contribution >= 0.6 is 0 Å². The number of hydroxylamine groups is 2. The molecule has 0 aromatic heterocycles. The quantitative estimate of drug-likeness (QED) is 0.475. The van der Waals surface area contributed by atoms with Gasteiger partial charge in [-0.2, -0.15) is 0 Å². The minimum atomic E-state index is -1.13. The first-order chi connectivity index (χ1) is 9.65. The number of benzene rings is 1. The Morgan fingerprint density at radius 2 is 1.86 bits per heavy atom. The number of carboxylic acid groups (broad SMARTS) is 1. The van der Waals surface area contributed by atoms with Gasteiger partial charge in [-0.1, -0.05) is 19.1 Å². The predicted octanol–water partition coefficient (Wildman–Crippen LogP) is 2.01. The van der Waals surface area contributed by atoms with Gasteiger partial charge in [-0.3, -0.25) is 9.63 Å². The number of hydrogen-bond acceptors (Lipinski definition) is 4. The van der Waals surface area contributed by atoms with E-state index in [1.54, 1.807) is 52.0 Å². The minimum absolute atomic E-state index is 0.401. The van der Waals surface area contributed by atoms with Crippen molar-refractivity contribution < 1.29 is 19.5 Å². The molecule has 6 heteroatoms. The van der Waals surface area contributed by atoms with Crippen LogP contribution < -0.4 is 5.73 Å². The van der Waals surface area contributed by atoms with Crippen molar-refractivity contribution in [3.8, 4) is 0 Å². The van der Waals surface area contributed by atoms with Crippen LogP contribution in [0.2, 0.25) is 0 Å². The molecule has 0 fully saturated rings. The van der Waals surface area contributed by atoms with Gasteiger partial charge in [-0.05, 0) is 38.5 Å². The number of nitrogen functional groups attached to an aromatic ring is 1. The Labute approximate surface area is 124 Å². The van der Waals surface area contributed by atoms with E-state index in [0.29, 0.717) is 12.1 Å². The Bertz CT molecular complexity index is 493. The van der Waals surface area contributed by atoms with Crippen molar-refractivity contribution in [1.82, 2.24) is 5.06 Å². The molecule has 0 aliphatic heterocycles. The van der Waals surface area contributed by atoms with Crippen molar-refractivity contribution in [2.75, 3.05) is 5.73 Å². The standard InChI is InChI=1S/C15H22N2O4/c1-10(11-5-7-12(16)8-6-11)13(14(19)20)17(9-18)21-15(2,3)4/h5-10,13H,16H2,1-4H3,(H,19,20). The molecule has 6 nitrogen and oxygen atoms in total. The van der Waals surface area contributed by atoms with Crippen LogP contribution in [-0.4, -0.2) is 34.2 Å². The summed E-state index contributed by atoms with van der Waals surface area (Å²) in [5.74, 6) is -1.58. The first kappa shape index (κ1) is 17.0. The zero-order chi connectivity index (χ0) is 16.2. The summed E-state index contributed by atoms with van der Waals surface area (Å²) in [5.41, 5.74) is 6.31. The van der Waals surface area contributed by atoms with Crippen molar-refractivity contribution in [1.29, 1.82) is 0 Å². The van der Waals surface area contributed by atoms with Crippen LogP contribution in [0.4, 0.5) is 5.69 Å². The maximum absolute atomic E-state index is 11.6. The van der Waals surface area contributed by atoms with Gasteiger partial charge in [0.25, 0.3) is 0 Å². The van der Waals surface area contributed by atoms with E-state index in [-0.39, 0.29) is 0 Å².